The minimum absolute atomic E-state index is 0.878. The van der Waals surface area contributed by atoms with E-state index < -0.39 is 0 Å². The molecule has 0 fully saturated rings. The average Bonchev–Trinajstić information content (AvgIpc) is 2.19. The highest BCUT2D eigenvalue weighted by molar-refractivity contribution is 7.27. The molecule has 0 spiro atoms. The van der Waals surface area contributed by atoms with Crippen molar-refractivity contribution in [3.05, 3.63) is 24.0 Å². The summed E-state index contributed by atoms with van der Waals surface area (Å²) in [7, 11) is 4.58. The number of aromatic nitrogens is 2. The van der Waals surface area contributed by atoms with Gasteiger partial charge in [0, 0.05) is 12.4 Å². The van der Waals surface area contributed by atoms with Gasteiger partial charge < -0.3 is 5.32 Å². The van der Waals surface area contributed by atoms with Crippen molar-refractivity contribution in [1.82, 2.24) is 9.97 Å². The lowest BCUT2D eigenvalue weighted by Gasteiger charge is -2.06. The van der Waals surface area contributed by atoms with Gasteiger partial charge in [0.05, 0.1) is 5.52 Å². The molecule has 14 heavy (non-hydrogen) atoms. The SMILES string of the molecule is CNc1ncnc2cc(P)c(C)cc12. The van der Waals surface area contributed by atoms with E-state index in [0.29, 0.717) is 0 Å². The van der Waals surface area contributed by atoms with Crippen molar-refractivity contribution in [1.29, 1.82) is 0 Å². The molecule has 2 aromatic rings. The number of hydrogen-bond acceptors (Lipinski definition) is 3. The van der Waals surface area contributed by atoms with Gasteiger partial charge in [-0.1, -0.05) is 0 Å². The smallest absolute Gasteiger partial charge is 0.137 e. The first kappa shape index (κ1) is 9.35. The first-order chi connectivity index (χ1) is 6.72. The van der Waals surface area contributed by atoms with Crippen LogP contribution in [0.25, 0.3) is 10.9 Å². The van der Waals surface area contributed by atoms with Gasteiger partial charge in [0.1, 0.15) is 12.1 Å². The van der Waals surface area contributed by atoms with Crippen molar-refractivity contribution in [3.63, 3.8) is 0 Å². The van der Waals surface area contributed by atoms with Crippen molar-refractivity contribution >= 4 is 31.3 Å². The number of anilines is 1. The van der Waals surface area contributed by atoms with Crippen LogP contribution in [0.3, 0.4) is 0 Å². The third kappa shape index (κ3) is 1.44. The third-order valence-electron chi connectivity index (χ3n) is 2.26. The van der Waals surface area contributed by atoms with Crippen molar-refractivity contribution in [2.45, 2.75) is 6.92 Å². The van der Waals surface area contributed by atoms with Crippen molar-refractivity contribution in [2.75, 3.05) is 12.4 Å². The van der Waals surface area contributed by atoms with E-state index in [1.165, 1.54) is 10.9 Å². The van der Waals surface area contributed by atoms with Crippen LogP contribution in [-0.4, -0.2) is 17.0 Å². The summed E-state index contributed by atoms with van der Waals surface area (Å²) in [5.74, 6) is 0.878. The molecule has 0 aliphatic rings. The summed E-state index contributed by atoms with van der Waals surface area (Å²) in [6.45, 7) is 2.08. The second-order valence-corrected chi connectivity index (χ2v) is 3.82. The Morgan fingerprint density at radius 3 is 2.79 bits per heavy atom. The number of nitrogens with one attached hydrogen (secondary N) is 1. The van der Waals surface area contributed by atoms with Gasteiger partial charge in [-0.25, -0.2) is 9.97 Å². The highest BCUT2D eigenvalue weighted by Gasteiger charge is 2.03. The van der Waals surface area contributed by atoms with Crippen LogP contribution in [0.4, 0.5) is 5.82 Å². The van der Waals surface area contributed by atoms with Crippen LogP contribution >= 0.6 is 9.24 Å². The van der Waals surface area contributed by atoms with E-state index in [1.54, 1.807) is 6.33 Å². The standard InChI is InChI=1S/C10H12N3P/c1-6-3-7-8(4-9(6)14)12-5-13-10(7)11-2/h3-5H,14H2,1-2H3,(H,11,12,13). The van der Waals surface area contributed by atoms with Gasteiger partial charge in [0.2, 0.25) is 0 Å². The van der Waals surface area contributed by atoms with Crippen molar-refractivity contribution < 1.29 is 0 Å². The lowest BCUT2D eigenvalue weighted by Crippen LogP contribution is -2.00. The fourth-order valence-electron chi connectivity index (χ4n) is 1.43. The zero-order chi connectivity index (χ0) is 10.1. The van der Waals surface area contributed by atoms with E-state index in [0.717, 1.165) is 16.7 Å². The first-order valence-electron chi connectivity index (χ1n) is 4.41. The topological polar surface area (TPSA) is 37.8 Å². The zero-order valence-corrected chi connectivity index (χ0v) is 9.36. The molecule has 0 aliphatic heterocycles. The molecule has 72 valence electrons. The maximum atomic E-state index is 4.23. The number of hydrogen-bond donors (Lipinski definition) is 1. The molecule has 0 bridgehead atoms. The maximum Gasteiger partial charge on any atom is 0.137 e. The van der Waals surface area contributed by atoms with Gasteiger partial charge in [-0.05, 0) is 29.9 Å². The molecule has 1 aromatic carbocycles. The van der Waals surface area contributed by atoms with E-state index in [4.69, 9.17) is 0 Å². The van der Waals surface area contributed by atoms with Crippen LogP contribution < -0.4 is 10.6 Å². The molecule has 0 saturated carbocycles. The van der Waals surface area contributed by atoms with Gasteiger partial charge >= 0.3 is 0 Å². The molecule has 1 aromatic heterocycles. The Bertz CT molecular complexity index is 482. The van der Waals surface area contributed by atoms with E-state index in [-0.39, 0.29) is 0 Å². The monoisotopic (exact) mass is 205 g/mol. The zero-order valence-electron chi connectivity index (χ0n) is 8.20. The molecule has 0 amide bonds. The molecular formula is C10H12N3P. The Morgan fingerprint density at radius 1 is 1.29 bits per heavy atom. The molecule has 0 radical (unpaired) electrons. The summed E-state index contributed by atoms with van der Waals surface area (Å²) in [5.41, 5.74) is 2.20. The largest absolute Gasteiger partial charge is 0.373 e. The first-order valence-corrected chi connectivity index (χ1v) is 4.98. The van der Waals surface area contributed by atoms with Gasteiger partial charge in [-0.15, -0.1) is 9.24 Å². The van der Waals surface area contributed by atoms with Gasteiger partial charge in [0.15, 0.2) is 0 Å². The van der Waals surface area contributed by atoms with E-state index in [9.17, 15) is 0 Å². The van der Waals surface area contributed by atoms with Crippen molar-refractivity contribution in [3.8, 4) is 0 Å². The fraction of sp³-hybridized carbons (Fsp3) is 0.200. The quantitative estimate of drug-likeness (QED) is 0.716. The second-order valence-electron chi connectivity index (χ2n) is 3.20. The van der Waals surface area contributed by atoms with Crippen LogP contribution in [0, 0.1) is 6.92 Å². The molecule has 2 rings (SSSR count). The highest BCUT2D eigenvalue weighted by Crippen LogP contribution is 2.19. The van der Waals surface area contributed by atoms with Crippen LogP contribution in [0.5, 0.6) is 0 Å². The summed E-state index contributed by atoms with van der Waals surface area (Å²) in [4.78, 5) is 8.39. The summed E-state index contributed by atoms with van der Waals surface area (Å²) >= 11 is 0. The maximum absolute atomic E-state index is 4.23. The Balaban J connectivity index is 2.81. The minimum atomic E-state index is 0.878. The van der Waals surface area contributed by atoms with Crippen LogP contribution in [0.2, 0.25) is 0 Å². The summed E-state index contributed by atoms with van der Waals surface area (Å²) < 4.78 is 0. The number of fused-ring (bicyclic) bond motifs is 1. The lowest BCUT2D eigenvalue weighted by atomic mass is 10.1. The predicted molar refractivity (Wildman–Crippen MR) is 63.2 cm³/mol. The molecule has 0 aliphatic carbocycles. The van der Waals surface area contributed by atoms with Crippen molar-refractivity contribution in [2.24, 2.45) is 0 Å². The number of nitrogens with zero attached hydrogens (tertiary/aromatic N) is 2. The molecule has 1 atom stereocenters. The molecule has 1 heterocycles. The number of benzene rings is 1. The lowest BCUT2D eigenvalue weighted by molar-refractivity contribution is 1.21. The number of aryl methyl sites for hydroxylation is 1. The van der Waals surface area contributed by atoms with Crippen LogP contribution in [0.1, 0.15) is 5.56 Å². The van der Waals surface area contributed by atoms with Gasteiger partial charge in [-0.2, -0.15) is 0 Å². The molecule has 1 N–H and O–H groups in total. The molecule has 4 heteroatoms. The summed E-state index contributed by atoms with van der Waals surface area (Å²) in [6, 6.07) is 4.15. The minimum Gasteiger partial charge on any atom is -0.373 e. The average molecular weight is 205 g/mol. The predicted octanol–water partition coefficient (Wildman–Crippen LogP) is 1.48. The second kappa shape index (κ2) is 3.50. The van der Waals surface area contributed by atoms with Crippen LogP contribution in [0.15, 0.2) is 18.5 Å². The van der Waals surface area contributed by atoms with E-state index in [2.05, 4.69) is 43.6 Å². The molecule has 0 saturated heterocycles. The van der Waals surface area contributed by atoms with Gasteiger partial charge in [-0.3, -0.25) is 0 Å². The van der Waals surface area contributed by atoms with E-state index in [1.807, 2.05) is 7.05 Å². The van der Waals surface area contributed by atoms with Crippen LogP contribution in [-0.2, 0) is 0 Å². The normalized spacial score (nSPS) is 10.5. The summed E-state index contributed by atoms with van der Waals surface area (Å²) in [6.07, 6.45) is 1.58. The Kier molecular flexibility index (Phi) is 2.34. The number of rotatable bonds is 1. The Morgan fingerprint density at radius 2 is 2.07 bits per heavy atom. The van der Waals surface area contributed by atoms with E-state index >= 15 is 0 Å². The van der Waals surface area contributed by atoms with Gasteiger partial charge in [0.25, 0.3) is 0 Å². The Labute approximate surface area is 85.2 Å². The highest BCUT2D eigenvalue weighted by atomic mass is 31.0. The molecule has 3 nitrogen and oxygen atoms in total. The Hall–Kier alpha value is -1.21. The molecule has 1 unspecified atom stereocenters. The third-order valence-corrected chi connectivity index (χ3v) is 2.88. The molecular weight excluding hydrogens is 193 g/mol. The summed E-state index contributed by atoms with van der Waals surface area (Å²) in [5, 5.41) is 5.31. The fourth-order valence-corrected chi connectivity index (χ4v) is 1.67.